The van der Waals surface area contributed by atoms with E-state index < -0.39 is 6.10 Å². The fraction of sp³-hybridized carbons (Fsp3) is 0.500. The zero-order valence-corrected chi connectivity index (χ0v) is 11.7. The molecule has 0 saturated carbocycles. The van der Waals surface area contributed by atoms with Gasteiger partial charge in [0.25, 0.3) is 0 Å². The lowest BCUT2D eigenvalue weighted by Crippen LogP contribution is -2.18. The molecule has 4 heteroatoms. The van der Waals surface area contributed by atoms with Gasteiger partial charge in [0.05, 0.1) is 13.2 Å². The molecule has 0 bridgehead atoms. The first kappa shape index (κ1) is 13.5. The van der Waals surface area contributed by atoms with Crippen molar-refractivity contribution in [1.29, 1.82) is 0 Å². The van der Waals surface area contributed by atoms with Crippen molar-refractivity contribution in [2.75, 3.05) is 20.7 Å². The predicted octanol–water partition coefficient (Wildman–Crippen LogP) is 2.33. The normalized spacial score (nSPS) is 12.6. The molecule has 0 radical (unpaired) electrons. The molecule has 1 unspecified atom stereocenters. The van der Waals surface area contributed by atoms with E-state index in [1.54, 1.807) is 7.11 Å². The van der Waals surface area contributed by atoms with Crippen molar-refractivity contribution in [2.24, 2.45) is 0 Å². The van der Waals surface area contributed by atoms with Crippen molar-refractivity contribution in [2.45, 2.75) is 20.0 Å². The molecular formula is C12H18BrNO2. The number of hydrogen-bond donors (Lipinski definition) is 2. The maximum atomic E-state index is 10.1. The molecule has 0 aliphatic carbocycles. The van der Waals surface area contributed by atoms with Crippen LogP contribution in [-0.2, 0) is 0 Å². The monoisotopic (exact) mass is 287 g/mol. The Hall–Kier alpha value is -0.580. The van der Waals surface area contributed by atoms with E-state index >= 15 is 0 Å². The molecule has 1 aromatic carbocycles. The number of aliphatic hydroxyl groups is 1. The second-order valence-corrected chi connectivity index (χ2v) is 4.68. The van der Waals surface area contributed by atoms with E-state index in [-0.39, 0.29) is 0 Å². The first-order valence-corrected chi connectivity index (χ1v) is 5.98. The summed E-state index contributed by atoms with van der Waals surface area (Å²) < 4.78 is 6.37. The average Bonchev–Trinajstić information content (AvgIpc) is 2.23. The van der Waals surface area contributed by atoms with Crippen molar-refractivity contribution >= 4 is 15.9 Å². The van der Waals surface area contributed by atoms with Gasteiger partial charge < -0.3 is 15.2 Å². The van der Waals surface area contributed by atoms with Crippen LogP contribution in [0.2, 0.25) is 0 Å². The van der Waals surface area contributed by atoms with E-state index in [9.17, 15) is 5.11 Å². The number of likely N-dealkylation sites (N-methyl/N-ethyl adjacent to an activating group) is 1. The zero-order chi connectivity index (χ0) is 12.3. The number of ether oxygens (including phenoxy) is 1. The van der Waals surface area contributed by atoms with E-state index in [1.165, 1.54) is 0 Å². The molecule has 1 rings (SSSR count). The van der Waals surface area contributed by atoms with E-state index in [0.29, 0.717) is 6.54 Å². The summed E-state index contributed by atoms with van der Waals surface area (Å²) in [5.41, 5.74) is 2.89. The molecule has 0 aromatic heterocycles. The predicted molar refractivity (Wildman–Crippen MR) is 69.1 cm³/mol. The molecule has 0 heterocycles. The summed E-state index contributed by atoms with van der Waals surface area (Å²) in [7, 11) is 3.45. The second-order valence-electron chi connectivity index (χ2n) is 3.82. The summed E-state index contributed by atoms with van der Waals surface area (Å²) in [6.07, 6.45) is -0.559. The van der Waals surface area contributed by atoms with E-state index in [0.717, 1.165) is 26.9 Å². The van der Waals surface area contributed by atoms with Crippen LogP contribution in [-0.4, -0.2) is 25.8 Å². The molecule has 16 heavy (non-hydrogen) atoms. The van der Waals surface area contributed by atoms with Crippen molar-refractivity contribution in [3.8, 4) is 5.75 Å². The van der Waals surface area contributed by atoms with Gasteiger partial charge >= 0.3 is 0 Å². The van der Waals surface area contributed by atoms with Gasteiger partial charge in [0, 0.05) is 16.6 Å². The van der Waals surface area contributed by atoms with Crippen LogP contribution in [0.5, 0.6) is 5.75 Å². The third-order valence-electron chi connectivity index (χ3n) is 2.64. The van der Waals surface area contributed by atoms with Gasteiger partial charge in [-0.2, -0.15) is 0 Å². The van der Waals surface area contributed by atoms with E-state index in [2.05, 4.69) is 21.2 Å². The summed E-state index contributed by atoms with van der Waals surface area (Å²) in [5, 5.41) is 13.1. The number of benzene rings is 1. The molecule has 0 aliphatic rings. The van der Waals surface area contributed by atoms with Gasteiger partial charge in [-0.25, -0.2) is 0 Å². The maximum Gasteiger partial charge on any atom is 0.127 e. The molecule has 3 nitrogen and oxygen atoms in total. The van der Waals surface area contributed by atoms with Crippen LogP contribution in [0.15, 0.2) is 10.5 Å². The Kier molecular flexibility index (Phi) is 4.77. The van der Waals surface area contributed by atoms with E-state index in [1.807, 2.05) is 27.0 Å². The molecule has 0 spiro atoms. The maximum absolute atomic E-state index is 10.1. The van der Waals surface area contributed by atoms with Crippen molar-refractivity contribution < 1.29 is 9.84 Å². The number of methoxy groups -OCH3 is 1. The quantitative estimate of drug-likeness (QED) is 0.893. The Bertz CT molecular complexity index is 380. The average molecular weight is 288 g/mol. The van der Waals surface area contributed by atoms with Crippen LogP contribution < -0.4 is 10.1 Å². The summed E-state index contributed by atoms with van der Waals surface area (Å²) in [6.45, 7) is 4.45. The Morgan fingerprint density at radius 1 is 1.50 bits per heavy atom. The summed E-state index contributed by atoms with van der Waals surface area (Å²) in [4.78, 5) is 0. The molecule has 0 aliphatic heterocycles. The Morgan fingerprint density at radius 2 is 2.12 bits per heavy atom. The van der Waals surface area contributed by atoms with Crippen molar-refractivity contribution in [3.05, 3.63) is 27.2 Å². The number of halogens is 1. The highest BCUT2D eigenvalue weighted by Crippen LogP contribution is 2.36. The molecule has 2 N–H and O–H groups in total. The number of aliphatic hydroxyl groups excluding tert-OH is 1. The van der Waals surface area contributed by atoms with Crippen LogP contribution >= 0.6 is 15.9 Å². The van der Waals surface area contributed by atoms with Crippen LogP contribution in [0.4, 0.5) is 0 Å². The lowest BCUT2D eigenvalue weighted by atomic mass is 9.99. The van der Waals surface area contributed by atoms with Gasteiger partial charge in [0.1, 0.15) is 5.75 Å². The molecule has 0 fully saturated rings. The smallest absolute Gasteiger partial charge is 0.127 e. The van der Waals surface area contributed by atoms with Crippen LogP contribution in [0.3, 0.4) is 0 Å². The number of aryl methyl sites for hydroxylation is 1. The third-order valence-corrected chi connectivity index (χ3v) is 3.47. The summed E-state index contributed by atoms with van der Waals surface area (Å²) >= 11 is 3.49. The number of rotatable bonds is 4. The first-order chi connectivity index (χ1) is 7.52. The lowest BCUT2D eigenvalue weighted by molar-refractivity contribution is 0.172. The standard InChI is InChI=1S/C12H18BrNO2/c1-7-5-9(13)8(2)11(12(7)16-4)10(15)6-14-3/h5,10,14-15H,6H2,1-4H3. The van der Waals surface area contributed by atoms with Gasteiger partial charge in [0.2, 0.25) is 0 Å². The SMILES string of the molecule is CNCC(O)c1c(C)c(Br)cc(C)c1OC. The van der Waals surface area contributed by atoms with Crippen molar-refractivity contribution in [1.82, 2.24) is 5.32 Å². The molecule has 1 aromatic rings. The van der Waals surface area contributed by atoms with Crippen LogP contribution in [0, 0.1) is 13.8 Å². The lowest BCUT2D eigenvalue weighted by Gasteiger charge is -2.20. The molecule has 0 amide bonds. The topological polar surface area (TPSA) is 41.5 Å². The summed E-state index contributed by atoms with van der Waals surface area (Å²) in [6, 6.07) is 2.00. The van der Waals surface area contributed by atoms with Gasteiger partial charge in [-0.3, -0.25) is 0 Å². The Balaban J connectivity index is 3.32. The zero-order valence-electron chi connectivity index (χ0n) is 10.1. The third kappa shape index (κ3) is 2.56. The second kappa shape index (κ2) is 5.66. The van der Waals surface area contributed by atoms with Gasteiger partial charge in [-0.1, -0.05) is 15.9 Å². The highest BCUT2D eigenvalue weighted by atomic mass is 79.9. The molecule has 1 atom stereocenters. The van der Waals surface area contributed by atoms with Gasteiger partial charge in [0.15, 0.2) is 0 Å². The fourth-order valence-corrected chi connectivity index (χ4v) is 2.40. The minimum absolute atomic E-state index is 0.507. The van der Waals surface area contributed by atoms with Gasteiger partial charge in [-0.05, 0) is 38.1 Å². The highest BCUT2D eigenvalue weighted by Gasteiger charge is 2.19. The van der Waals surface area contributed by atoms with E-state index in [4.69, 9.17) is 4.74 Å². The van der Waals surface area contributed by atoms with Crippen LogP contribution in [0.25, 0.3) is 0 Å². The van der Waals surface area contributed by atoms with Crippen LogP contribution in [0.1, 0.15) is 22.8 Å². The number of hydrogen-bond acceptors (Lipinski definition) is 3. The largest absolute Gasteiger partial charge is 0.496 e. The molecule has 90 valence electrons. The fourth-order valence-electron chi connectivity index (χ4n) is 1.84. The Morgan fingerprint density at radius 3 is 2.62 bits per heavy atom. The molecule has 0 saturated heterocycles. The molecular weight excluding hydrogens is 270 g/mol. The minimum atomic E-state index is -0.559. The summed E-state index contributed by atoms with van der Waals surface area (Å²) in [5.74, 6) is 0.767. The first-order valence-electron chi connectivity index (χ1n) is 5.19. The Labute approximate surface area is 105 Å². The van der Waals surface area contributed by atoms with Gasteiger partial charge in [-0.15, -0.1) is 0 Å². The minimum Gasteiger partial charge on any atom is -0.496 e. The highest BCUT2D eigenvalue weighted by molar-refractivity contribution is 9.10. The van der Waals surface area contributed by atoms with Crippen molar-refractivity contribution in [3.63, 3.8) is 0 Å². The number of nitrogens with one attached hydrogen (secondary N) is 1.